The largest absolute Gasteiger partial charge is 0.319 e. The summed E-state index contributed by atoms with van der Waals surface area (Å²) in [6, 6.07) is 1.81. The molecule has 0 bridgehead atoms. The SMILES string of the molecule is Cc1ccn(CCC(C)C)c(=O)c1C(=O)Nc1c(C)n[nH]c1C. The maximum atomic E-state index is 12.6. The summed E-state index contributed by atoms with van der Waals surface area (Å²) in [5.74, 6) is 0.107. The van der Waals surface area contributed by atoms with Crippen molar-refractivity contribution < 1.29 is 4.79 Å². The molecule has 1 amide bonds. The number of nitrogens with zero attached hydrogens (tertiary/aromatic N) is 2. The molecule has 2 aromatic heterocycles. The van der Waals surface area contributed by atoms with Crippen LogP contribution in [0.1, 0.15) is 47.6 Å². The van der Waals surface area contributed by atoms with Gasteiger partial charge in [0.2, 0.25) is 0 Å². The molecule has 6 nitrogen and oxygen atoms in total. The van der Waals surface area contributed by atoms with E-state index in [0.717, 1.165) is 12.1 Å². The average Bonchev–Trinajstić information content (AvgIpc) is 2.78. The predicted octanol–water partition coefficient (Wildman–Crippen LogP) is 2.80. The highest BCUT2D eigenvalue weighted by Gasteiger charge is 2.18. The Morgan fingerprint density at radius 2 is 2.04 bits per heavy atom. The number of carbonyl (C=O) groups is 1. The summed E-state index contributed by atoms with van der Waals surface area (Å²) in [5, 5.41) is 9.67. The Morgan fingerprint density at radius 3 is 2.61 bits per heavy atom. The molecule has 0 spiro atoms. The third-order valence-electron chi connectivity index (χ3n) is 3.91. The average molecular weight is 316 g/mol. The van der Waals surface area contributed by atoms with Gasteiger partial charge in [-0.25, -0.2) is 0 Å². The third kappa shape index (κ3) is 3.70. The molecule has 0 atom stereocenters. The van der Waals surface area contributed by atoms with E-state index in [0.29, 0.717) is 29.4 Å². The van der Waals surface area contributed by atoms with E-state index in [4.69, 9.17) is 0 Å². The van der Waals surface area contributed by atoms with E-state index in [1.54, 1.807) is 24.6 Å². The van der Waals surface area contributed by atoms with Crippen LogP contribution in [0.3, 0.4) is 0 Å². The predicted molar refractivity (Wildman–Crippen MR) is 90.9 cm³/mol. The Kier molecular flexibility index (Phi) is 5.03. The minimum absolute atomic E-state index is 0.191. The van der Waals surface area contributed by atoms with Crippen molar-refractivity contribution in [1.82, 2.24) is 14.8 Å². The molecular weight excluding hydrogens is 292 g/mol. The summed E-state index contributed by atoms with van der Waals surface area (Å²) in [5.41, 5.74) is 2.71. The van der Waals surface area contributed by atoms with Crippen LogP contribution in [-0.2, 0) is 6.54 Å². The molecule has 0 fully saturated rings. The number of hydrogen-bond acceptors (Lipinski definition) is 3. The van der Waals surface area contributed by atoms with Gasteiger partial charge >= 0.3 is 0 Å². The lowest BCUT2D eigenvalue weighted by Gasteiger charge is -2.12. The van der Waals surface area contributed by atoms with Crippen LogP contribution in [-0.4, -0.2) is 20.7 Å². The van der Waals surface area contributed by atoms with Gasteiger partial charge in [-0.1, -0.05) is 13.8 Å². The van der Waals surface area contributed by atoms with Gasteiger partial charge in [0.25, 0.3) is 11.5 Å². The van der Waals surface area contributed by atoms with Crippen molar-refractivity contribution in [3.63, 3.8) is 0 Å². The lowest BCUT2D eigenvalue weighted by molar-refractivity contribution is 0.102. The van der Waals surface area contributed by atoms with Gasteiger partial charge in [-0.2, -0.15) is 5.10 Å². The highest BCUT2D eigenvalue weighted by atomic mass is 16.2. The van der Waals surface area contributed by atoms with E-state index in [2.05, 4.69) is 29.4 Å². The molecule has 2 heterocycles. The standard InChI is InChI=1S/C17H24N4O2/c1-10(2)6-8-21-9-7-11(3)14(17(21)23)16(22)18-15-12(4)19-20-13(15)5/h7,9-10H,6,8H2,1-5H3,(H,18,22)(H,19,20). The number of hydrogen-bond donors (Lipinski definition) is 2. The van der Waals surface area contributed by atoms with Gasteiger partial charge in [0.1, 0.15) is 5.56 Å². The zero-order chi connectivity index (χ0) is 17.1. The lowest BCUT2D eigenvalue weighted by Crippen LogP contribution is -2.30. The number of aromatic amines is 1. The number of carbonyl (C=O) groups excluding carboxylic acids is 1. The molecule has 2 aromatic rings. The van der Waals surface area contributed by atoms with E-state index < -0.39 is 0 Å². The van der Waals surface area contributed by atoms with Crippen molar-refractivity contribution >= 4 is 11.6 Å². The molecule has 0 aromatic carbocycles. The number of pyridine rings is 1. The fourth-order valence-electron chi connectivity index (χ4n) is 2.43. The van der Waals surface area contributed by atoms with Crippen molar-refractivity contribution in [3.8, 4) is 0 Å². The van der Waals surface area contributed by atoms with Crippen molar-refractivity contribution in [2.75, 3.05) is 5.32 Å². The molecule has 0 aliphatic rings. The van der Waals surface area contributed by atoms with Crippen molar-refractivity contribution in [2.24, 2.45) is 5.92 Å². The maximum Gasteiger partial charge on any atom is 0.263 e. The van der Waals surface area contributed by atoms with E-state index in [1.807, 2.05) is 13.0 Å². The van der Waals surface area contributed by atoms with E-state index in [9.17, 15) is 9.59 Å². The van der Waals surface area contributed by atoms with E-state index in [1.165, 1.54) is 0 Å². The molecule has 0 saturated heterocycles. The Morgan fingerprint density at radius 1 is 1.35 bits per heavy atom. The second kappa shape index (κ2) is 6.81. The summed E-state index contributed by atoms with van der Waals surface area (Å²) >= 11 is 0. The number of H-pyrrole nitrogens is 1. The first-order valence-corrected chi connectivity index (χ1v) is 7.84. The summed E-state index contributed by atoms with van der Waals surface area (Å²) < 4.78 is 1.61. The van der Waals surface area contributed by atoms with Crippen molar-refractivity contribution in [1.29, 1.82) is 0 Å². The van der Waals surface area contributed by atoms with Gasteiger partial charge in [0.05, 0.1) is 17.1 Å². The van der Waals surface area contributed by atoms with Gasteiger partial charge in [0, 0.05) is 12.7 Å². The zero-order valence-corrected chi connectivity index (χ0v) is 14.4. The highest BCUT2D eigenvalue weighted by Crippen LogP contribution is 2.17. The second-order valence-electron chi connectivity index (χ2n) is 6.32. The first-order valence-electron chi connectivity index (χ1n) is 7.84. The number of aryl methyl sites for hydroxylation is 4. The molecule has 6 heteroatoms. The smallest absolute Gasteiger partial charge is 0.263 e. The minimum atomic E-state index is -0.390. The quantitative estimate of drug-likeness (QED) is 0.890. The molecule has 0 radical (unpaired) electrons. The second-order valence-corrected chi connectivity index (χ2v) is 6.32. The Labute approximate surface area is 135 Å². The number of rotatable bonds is 5. The number of aromatic nitrogens is 3. The van der Waals surface area contributed by atoms with Crippen LogP contribution in [0.2, 0.25) is 0 Å². The lowest BCUT2D eigenvalue weighted by atomic mass is 10.1. The molecular formula is C17H24N4O2. The third-order valence-corrected chi connectivity index (χ3v) is 3.91. The summed E-state index contributed by atoms with van der Waals surface area (Å²) in [6.45, 7) is 10.2. The van der Waals surface area contributed by atoms with Gasteiger partial charge in [0.15, 0.2) is 0 Å². The van der Waals surface area contributed by atoms with E-state index >= 15 is 0 Å². The van der Waals surface area contributed by atoms with Crippen LogP contribution in [0.5, 0.6) is 0 Å². The van der Waals surface area contributed by atoms with Crippen LogP contribution in [0.4, 0.5) is 5.69 Å². The fraction of sp³-hybridized carbons (Fsp3) is 0.471. The molecule has 124 valence electrons. The maximum absolute atomic E-state index is 12.6. The molecule has 0 saturated carbocycles. The zero-order valence-electron chi connectivity index (χ0n) is 14.4. The number of amides is 1. The summed E-state index contributed by atoms with van der Waals surface area (Å²) in [7, 11) is 0. The van der Waals surface area contributed by atoms with Crippen LogP contribution in [0.15, 0.2) is 17.1 Å². The molecule has 23 heavy (non-hydrogen) atoms. The van der Waals surface area contributed by atoms with Gasteiger partial charge < -0.3 is 9.88 Å². The molecule has 2 rings (SSSR count). The van der Waals surface area contributed by atoms with Gasteiger partial charge in [-0.15, -0.1) is 0 Å². The highest BCUT2D eigenvalue weighted by molar-refractivity contribution is 6.05. The molecule has 0 unspecified atom stereocenters. The van der Waals surface area contributed by atoms with Gasteiger partial charge in [-0.05, 0) is 44.7 Å². The number of anilines is 1. The van der Waals surface area contributed by atoms with Crippen molar-refractivity contribution in [3.05, 3.63) is 45.1 Å². The fourth-order valence-corrected chi connectivity index (χ4v) is 2.43. The van der Waals surface area contributed by atoms with Crippen LogP contribution in [0, 0.1) is 26.7 Å². The van der Waals surface area contributed by atoms with Crippen molar-refractivity contribution in [2.45, 2.75) is 47.6 Å². The van der Waals surface area contributed by atoms with E-state index in [-0.39, 0.29) is 17.0 Å². The topological polar surface area (TPSA) is 79.8 Å². The minimum Gasteiger partial charge on any atom is -0.319 e. The Balaban J connectivity index is 2.33. The summed E-state index contributed by atoms with van der Waals surface area (Å²) in [6.07, 6.45) is 2.65. The molecule has 0 aliphatic carbocycles. The monoisotopic (exact) mass is 316 g/mol. The van der Waals surface area contributed by atoms with Crippen LogP contribution < -0.4 is 10.9 Å². The van der Waals surface area contributed by atoms with Gasteiger partial charge in [-0.3, -0.25) is 14.7 Å². The Hall–Kier alpha value is -2.37. The van der Waals surface area contributed by atoms with Crippen LogP contribution in [0.25, 0.3) is 0 Å². The molecule has 2 N–H and O–H groups in total. The normalized spacial score (nSPS) is 11.0. The van der Waals surface area contributed by atoms with Crippen LogP contribution >= 0.6 is 0 Å². The summed E-state index contributed by atoms with van der Waals surface area (Å²) in [4.78, 5) is 25.2. The number of nitrogens with one attached hydrogen (secondary N) is 2. The Bertz CT molecular complexity index is 752. The first-order chi connectivity index (χ1) is 10.8. The first kappa shape index (κ1) is 17.0. The molecule has 0 aliphatic heterocycles.